The van der Waals surface area contributed by atoms with Crippen LogP contribution in [0.2, 0.25) is 5.02 Å². The molecule has 0 fully saturated rings. The van der Waals surface area contributed by atoms with Gasteiger partial charge < -0.3 is 20.3 Å². The predicted molar refractivity (Wildman–Crippen MR) is 164 cm³/mol. The van der Waals surface area contributed by atoms with Crippen LogP contribution >= 0.6 is 11.6 Å². The van der Waals surface area contributed by atoms with Crippen LogP contribution in [-0.2, 0) is 18.3 Å². The summed E-state index contributed by atoms with van der Waals surface area (Å²) < 4.78 is 3.05. The molecule has 5 aromatic rings. The number of phenolic OH excluding ortho intramolecular Hbond substituents is 1. The van der Waals surface area contributed by atoms with Crippen molar-refractivity contribution in [3.8, 4) is 28.0 Å². The summed E-state index contributed by atoms with van der Waals surface area (Å²) in [6.07, 6.45) is 6.56. The van der Waals surface area contributed by atoms with Crippen LogP contribution in [0.15, 0.2) is 84.2 Å². The molecule has 220 valence electrons. The molecule has 0 saturated carbocycles. The Morgan fingerprint density at radius 1 is 1.05 bits per heavy atom. The molecule has 5 rings (SSSR count). The number of phenols is 1. The molecule has 0 unspecified atom stereocenters. The third-order valence-corrected chi connectivity index (χ3v) is 7.42. The van der Waals surface area contributed by atoms with Crippen LogP contribution in [0.1, 0.15) is 35.9 Å². The Balaban J connectivity index is 1.44. The van der Waals surface area contributed by atoms with Crippen LogP contribution < -0.4 is 16.2 Å². The Morgan fingerprint density at radius 3 is 2.51 bits per heavy atom. The van der Waals surface area contributed by atoms with Gasteiger partial charge in [0.25, 0.3) is 11.5 Å². The predicted octanol–water partition coefficient (Wildman–Crippen LogP) is 4.56. The number of carbonyl (C=O) groups excluding carboxylic acids is 2. The Kier molecular flexibility index (Phi) is 8.44. The van der Waals surface area contributed by atoms with Gasteiger partial charge in [-0.1, -0.05) is 17.7 Å². The third kappa shape index (κ3) is 6.52. The molecule has 1 atom stereocenters. The van der Waals surface area contributed by atoms with Gasteiger partial charge in [0.1, 0.15) is 17.5 Å². The Morgan fingerprint density at radius 2 is 1.84 bits per heavy atom. The van der Waals surface area contributed by atoms with Crippen molar-refractivity contribution >= 4 is 29.1 Å². The van der Waals surface area contributed by atoms with Crippen molar-refractivity contribution in [2.45, 2.75) is 32.4 Å². The number of benzene rings is 2. The first kappa shape index (κ1) is 29.3. The minimum atomic E-state index is -1.05. The molecule has 0 spiro atoms. The van der Waals surface area contributed by atoms with E-state index < -0.39 is 17.9 Å². The fraction of sp³-hybridized carbons (Fsp3) is 0.194. The summed E-state index contributed by atoms with van der Waals surface area (Å²) >= 11 is 6.59. The van der Waals surface area contributed by atoms with Gasteiger partial charge >= 0.3 is 0 Å². The molecule has 2 amide bonds. The van der Waals surface area contributed by atoms with E-state index in [2.05, 4.69) is 25.9 Å². The number of aromatic hydroxyl groups is 1. The summed E-state index contributed by atoms with van der Waals surface area (Å²) in [7, 11) is 1.63. The van der Waals surface area contributed by atoms with Gasteiger partial charge in [0, 0.05) is 72.1 Å². The smallest absolute Gasteiger partial charge is 0.270 e. The zero-order valence-corrected chi connectivity index (χ0v) is 24.5. The van der Waals surface area contributed by atoms with Crippen LogP contribution in [0.4, 0.5) is 5.69 Å². The van der Waals surface area contributed by atoms with Gasteiger partial charge in [-0.3, -0.25) is 24.2 Å². The maximum Gasteiger partial charge on any atom is 0.270 e. The van der Waals surface area contributed by atoms with Gasteiger partial charge in [0.2, 0.25) is 5.91 Å². The number of aromatic amines is 1. The molecule has 11 nitrogen and oxygen atoms in total. The van der Waals surface area contributed by atoms with Gasteiger partial charge in [0.05, 0.1) is 6.20 Å². The number of aromatic nitrogens is 5. The molecule has 2 aromatic carbocycles. The number of pyridine rings is 1. The highest BCUT2D eigenvalue weighted by atomic mass is 35.5. The number of aryl methyl sites for hydroxylation is 1. The van der Waals surface area contributed by atoms with E-state index in [1.54, 1.807) is 60.5 Å². The van der Waals surface area contributed by atoms with E-state index in [0.29, 0.717) is 27.4 Å². The van der Waals surface area contributed by atoms with Crippen molar-refractivity contribution in [3.63, 3.8) is 0 Å². The van der Waals surface area contributed by atoms with Crippen molar-refractivity contribution in [1.82, 2.24) is 29.9 Å². The summed E-state index contributed by atoms with van der Waals surface area (Å²) in [5.74, 6) is -1.05. The average Bonchev–Trinajstić information content (AvgIpc) is 3.66. The molecule has 4 N–H and O–H groups in total. The molecule has 3 heterocycles. The maximum atomic E-state index is 13.6. The summed E-state index contributed by atoms with van der Waals surface area (Å²) in [6.45, 7) is 3.86. The summed E-state index contributed by atoms with van der Waals surface area (Å²) in [6, 6.07) is 13.9. The number of amides is 2. The quantitative estimate of drug-likeness (QED) is 0.195. The summed E-state index contributed by atoms with van der Waals surface area (Å²) in [5.41, 5.74) is 3.96. The van der Waals surface area contributed by atoms with Gasteiger partial charge in [-0.05, 0) is 66.9 Å². The van der Waals surface area contributed by atoms with E-state index in [0.717, 1.165) is 11.1 Å². The van der Waals surface area contributed by atoms with Crippen molar-refractivity contribution in [1.29, 1.82) is 0 Å². The number of carbonyl (C=O) groups is 2. The van der Waals surface area contributed by atoms with Gasteiger partial charge in [-0.25, -0.2) is 0 Å². The molecule has 43 heavy (non-hydrogen) atoms. The second-order valence-electron chi connectivity index (χ2n) is 10.3. The van der Waals surface area contributed by atoms with Crippen LogP contribution in [0.5, 0.6) is 5.75 Å². The van der Waals surface area contributed by atoms with Crippen LogP contribution in [-0.4, -0.2) is 47.5 Å². The van der Waals surface area contributed by atoms with E-state index in [4.69, 9.17) is 11.6 Å². The van der Waals surface area contributed by atoms with Crippen molar-refractivity contribution in [2.24, 2.45) is 7.05 Å². The molecule has 0 aliphatic heterocycles. The van der Waals surface area contributed by atoms with E-state index in [1.807, 2.05) is 26.0 Å². The first-order valence-electron chi connectivity index (χ1n) is 13.5. The van der Waals surface area contributed by atoms with E-state index in [-0.39, 0.29) is 29.5 Å². The lowest BCUT2D eigenvalue weighted by atomic mass is 9.99. The number of anilines is 1. The molecular weight excluding hydrogens is 570 g/mol. The monoisotopic (exact) mass is 599 g/mol. The fourth-order valence-corrected chi connectivity index (χ4v) is 4.92. The minimum absolute atomic E-state index is 0.0253. The molecule has 0 radical (unpaired) electrons. The van der Waals surface area contributed by atoms with Gasteiger partial charge in [0.15, 0.2) is 0 Å². The minimum Gasteiger partial charge on any atom is -0.507 e. The molecular formula is C31H30ClN7O4. The summed E-state index contributed by atoms with van der Waals surface area (Å²) in [4.78, 5) is 39.1. The number of rotatable bonds is 9. The number of nitrogens with zero attached hydrogens (tertiary/aromatic N) is 4. The lowest BCUT2D eigenvalue weighted by Crippen LogP contribution is -2.45. The average molecular weight is 600 g/mol. The molecule has 0 saturated heterocycles. The third-order valence-electron chi connectivity index (χ3n) is 7.05. The van der Waals surface area contributed by atoms with Gasteiger partial charge in [-0.2, -0.15) is 10.2 Å². The normalized spacial score (nSPS) is 11.8. The molecule has 3 aromatic heterocycles. The largest absolute Gasteiger partial charge is 0.507 e. The Hall–Kier alpha value is -5.16. The number of H-pyrrole nitrogens is 1. The fourth-order valence-electron chi connectivity index (χ4n) is 4.73. The van der Waals surface area contributed by atoms with Crippen molar-refractivity contribution < 1.29 is 14.7 Å². The zero-order valence-electron chi connectivity index (χ0n) is 23.7. The van der Waals surface area contributed by atoms with E-state index in [9.17, 15) is 19.5 Å². The van der Waals surface area contributed by atoms with Crippen molar-refractivity contribution in [3.05, 3.63) is 106 Å². The van der Waals surface area contributed by atoms with Crippen LogP contribution in [0, 0.1) is 0 Å². The highest BCUT2D eigenvalue weighted by molar-refractivity contribution is 6.31. The first-order chi connectivity index (χ1) is 20.6. The van der Waals surface area contributed by atoms with Crippen LogP contribution in [0.25, 0.3) is 22.3 Å². The molecule has 0 aliphatic rings. The highest BCUT2D eigenvalue weighted by Gasteiger charge is 2.25. The zero-order chi connectivity index (χ0) is 30.7. The number of halogens is 1. The molecule has 0 aliphatic carbocycles. The number of hydrogen-bond donors (Lipinski definition) is 4. The number of nitrogens with one attached hydrogen (secondary N) is 3. The van der Waals surface area contributed by atoms with E-state index >= 15 is 0 Å². The standard InChI is InChI=1S/C31H30ClN7O4/c1-18(2)39-17-20(5-9-29(39)41)19-4-8-25(32)21(12-19)13-26(37-31(43)27-10-11-35-38(27)3)30(42)36-23-6-7-24(28(40)14-23)22-15-33-34-16-22/h4-12,14-18,26,40H,13H2,1-3H3,(H,33,34)(H,36,42)(H,37,43)/t26-/m0/s1. The van der Waals surface area contributed by atoms with E-state index in [1.165, 1.54) is 23.0 Å². The lowest BCUT2D eigenvalue weighted by molar-refractivity contribution is -0.118. The Labute approximate surface area is 252 Å². The van der Waals surface area contributed by atoms with Crippen molar-refractivity contribution in [2.75, 3.05) is 5.32 Å². The maximum absolute atomic E-state index is 13.6. The first-order valence-corrected chi connectivity index (χ1v) is 13.9. The highest BCUT2D eigenvalue weighted by Crippen LogP contribution is 2.31. The second-order valence-corrected chi connectivity index (χ2v) is 10.7. The van der Waals surface area contributed by atoms with Crippen LogP contribution in [0.3, 0.4) is 0 Å². The van der Waals surface area contributed by atoms with Gasteiger partial charge in [-0.15, -0.1) is 0 Å². The number of hydrogen-bond acceptors (Lipinski definition) is 6. The molecule has 12 heteroatoms. The SMILES string of the molecule is CC(C)n1cc(-c2ccc(Cl)c(C[C@H](NC(=O)c3ccnn3C)C(=O)Nc3ccc(-c4cn[nH]c4)c(O)c3)c2)ccc1=O. The summed E-state index contributed by atoms with van der Waals surface area (Å²) in [5, 5.41) is 27.2. The second kappa shape index (κ2) is 12.4. The topological polar surface area (TPSA) is 147 Å². The lowest BCUT2D eigenvalue weighted by Gasteiger charge is -2.20. The molecule has 0 bridgehead atoms. The Bertz CT molecular complexity index is 1840.